The van der Waals surface area contributed by atoms with Crippen LogP contribution in [0.1, 0.15) is 11.5 Å². The van der Waals surface area contributed by atoms with E-state index in [-0.39, 0.29) is 11.4 Å². The second-order valence-corrected chi connectivity index (χ2v) is 5.90. The quantitative estimate of drug-likeness (QED) is 0.868. The summed E-state index contributed by atoms with van der Waals surface area (Å²) in [5, 5.41) is 2.86. The predicted molar refractivity (Wildman–Crippen MR) is 76.8 cm³/mol. The summed E-state index contributed by atoms with van der Waals surface area (Å²) in [6.07, 6.45) is 1.60. The van der Waals surface area contributed by atoms with Crippen LogP contribution in [0.25, 0.3) is 0 Å². The van der Waals surface area contributed by atoms with E-state index in [0.717, 1.165) is 0 Å². The second-order valence-electron chi connectivity index (χ2n) is 4.17. The van der Waals surface area contributed by atoms with Gasteiger partial charge in [-0.2, -0.15) is 0 Å². The SMILES string of the molecule is CNc1ccccc1S(=O)(=O)NCc1ccnc(C)n1. The van der Waals surface area contributed by atoms with Crippen LogP contribution < -0.4 is 10.0 Å². The minimum atomic E-state index is -3.59. The highest BCUT2D eigenvalue weighted by molar-refractivity contribution is 7.89. The molecular formula is C13H16N4O2S. The number of nitrogens with zero attached hydrogens (tertiary/aromatic N) is 2. The fourth-order valence-electron chi connectivity index (χ4n) is 1.76. The van der Waals surface area contributed by atoms with Gasteiger partial charge in [0.2, 0.25) is 10.0 Å². The summed E-state index contributed by atoms with van der Waals surface area (Å²) >= 11 is 0. The van der Waals surface area contributed by atoms with Crippen LogP contribution in [0.15, 0.2) is 41.4 Å². The Morgan fingerprint density at radius 3 is 2.65 bits per heavy atom. The summed E-state index contributed by atoms with van der Waals surface area (Å²) < 4.78 is 27.1. The predicted octanol–water partition coefficient (Wildman–Crippen LogP) is 1.31. The van der Waals surface area contributed by atoms with Gasteiger partial charge < -0.3 is 5.32 Å². The lowest BCUT2D eigenvalue weighted by Crippen LogP contribution is -2.24. The lowest BCUT2D eigenvalue weighted by atomic mass is 10.3. The Balaban J connectivity index is 2.19. The summed E-state index contributed by atoms with van der Waals surface area (Å²) in [6, 6.07) is 8.41. The Morgan fingerprint density at radius 2 is 1.95 bits per heavy atom. The van der Waals surface area contributed by atoms with Crippen molar-refractivity contribution in [1.29, 1.82) is 0 Å². The number of para-hydroxylation sites is 1. The van der Waals surface area contributed by atoms with Crippen molar-refractivity contribution >= 4 is 15.7 Å². The van der Waals surface area contributed by atoms with Gasteiger partial charge in [-0.25, -0.2) is 23.1 Å². The fraction of sp³-hybridized carbons (Fsp3) is 0.231. The first-order valence-corrected chi connectivity index (χ1v) is 7.56. The maximum absolute atomic E-state index is 12.3. The smallest absolute Gasteiger partial charge is 0.242 e. The summed E-state index contributed by atoms with van der Waals surface area (Å²) in [7, 11) is -1.90. The highest BCUT2D eigenvalue weighted by atomic mass is 32.2. The summed E-state index contributed by atoms with van der Waals surface area (Å²) in [4.78, 5) is 8.35. The molecule has 2 rings (SSSR count). The summed E-state index contributed by atoms with van der Waals surface area (Å²) in [5.41, 5.74) is 1.18. The first kappa shape index (κ1) is 14.4. The molecule has 106 valence electrons. The first-order valence-electron chi connectivity index (χ1n) is 6.08. The van der Waals surface area contributed by atoms with Crippen molar-refractivity contribution in [1.82, 2.24) is 14.7 Å². The molecule has 0 spiro atoms. The molecule has 0 bridgehead atoms. The molecule has 0 aliphatic carbocycles. The van der Waals surface area contributed by atoms with E-state index < -0.39 is 10.0 Å². The van der Waals surface area contributed by atoms with Gasteiger partial charge in [0.15, 0.2) is 0 Å². The van der Waals surface area contributed by atoms with Crippen LogP contribution in [-0.2, 0) is 16.6 Å². The zero-order valence-corrected chi connectivity index (χ0v) is 12.1. The van der Waals surface area contributed by atoms with Crippen LogP contribution in [0.4, 0.5) is 5.69 Å². The Hall–Kier alpha value is -1.99. The highest BCUT2D eigenvalue weighted by Gasteiger charge is 2.17. The monoisotopic (exact) mass is 292 g/mol. The highest BCUT2D eigenvalue weighted by Crippen LogP contribution is 2.19. The van der Waals surface area contributed by atoms with E-state index in [1.54, 1.807) is 50.5 Å². The van der Waals surface area contributed by atoms with Crippen molar-refractivity contribution in [3.8, 4) is 0 Å². The van der Waals surface area contributed by atoms with E-state index in [0.29, 0.717) is 17.2 Å². The Bertz CT molecular complexity index is 701. The average molecular weight is 292 g/mol. The van der Waals surface area contributed by atoms with Gasteiger partial charge in [0, 0.05) is 13.2 Å². The number of anilines is 1. The molecule has 1 aromatic carbocycles. The van der Waals surface area contributed by atoms with Gasteiger partial charge in [-0.1, -0.05) is 12.1 Å². The third-order valence-electron chi connectivity index (χ3n) is 2.72. The van der Waals surface area contributed by atoms with E-state index in [1.165, 1.54) is 0 Å². The molecule has 6 nitrogen and oxygen atoms in total. The van der Waals surface area contributed by atoms with Crippen LogP contribution in [0.3, 0.4) is 0 Å². The van der Waals surface area contributed by atoms with Crippen molar-refractivity contribution in [2.45, 2.75) is 18.4 Å². The number of hydrogen-bond donors (Lipinski definition) is 2. The minimum Gasteiger partial charge on any atom is -0.387 e. The third kappa shape index (κ3) is 3.31. The molecule has 20 heavy (non-hydrogen) atoms. The van der Waals surface area contributed by atoms with Crippen molar-refractivity contribution in [2.24, 2.45) is 0 Å². The number of sulfonamides is 1. The van der Waals surface area contributed by atoms with E-state index in [1.807, 2.05) is 0 Å². The lowest BCUT2D eigenvalue weighted by Gasteiger charge is -2.10. The number of hydrogen-bond acceptors (Lipinski definition) is 5. The molecule has 0 radical (unpaired) electrons. The summed E-state index contributed by atoms with van der Waals surface area (Å²) in [6.45, 7) is 1.89. The molecule has 0 aliphatic rings. The Kier molecular flexibility index (Phi) is 4.31. The lowest BCUT2D eigenvalue weighted by molar-refractivity contribution is 0.580. The van der Waals surface area contributed by atoms with Crippen molar-refractivity contribution < 1.29 is 8.42 Å². The van der Waals surface area contributed by atoms with Crippen LogP contribution >= 0.6 is 0 Å². The molecule has 2 N–H and O–H groups in total. The van der Waals surface area contributed by atoms with Crippen molar-refractivity contribution in [2.75, 3.05) is 12.4 Å². The van der Waals surface area contributed by atoms with E-state index in [2.05, 4.69) is 20.0 Å². The topological polar surface area (TPSA) is 84.0 Å². The molecule has 0 atom stereocenters. The first-order chi connectivity index (χ1) is 9.53. The van der Waals surface area contributed by atoms with Gasteiger partial charge in [-0.05, 0) is 25.1 Å². The zero-order chi connectivity index (χ0) is 14.6. The maximum atomic E-state index is 12.3. The molecule has 0 aliphatic heterocycles. The molecule has 1 aromatic heterocycles. The minimum absolute atomic E-state index is 0.129. The fourth-order valence-corrected chi connectivity index (χ4v) is 2.97. The Morgan fingerprint density at radius 1 is 1.20 bits per heavy atom. The Labute approximate surface area is 118 Å². The third-order valence-corrected chi connectivity index (χ3v) is 4.18. The van der Waals surface area contributed by atoms with Crippen LogP contribution in [0.5, 0.6) is 0 Å². The summed E-state index contributed by atoms with van der Waals surface area (Å²) in [5.74, 6) is 0.609. The molecule has 0 saturated heterocycles. The largest absolute Gasteiger partial charge is 0.387 e. The van der Waals surface area contributed by atoms with E-state index in [9.17, 15) is 8.42 Å². The maximum Gasteiger partial charge on any atom is 0.242 e. The number of benzene rings is 1. The number of aryl methyl sites for hydroxylation is 1. The second kappa shape index (κ2) is 5.98. The number of rotatable bonds is 5. The van der Waals surface area contributed by atoms with E-state index >= 15 is 0 Å². The molecule has 0 saturated carbocycles. The molecule has 0 fully saturated rings. The van der Waals surface area contributed by atoms with Crippen LogP contribution in [-0.4, -0.2) is 25.4 Å². The van der Waals surface area contributed by atoms with Gasteiger partial charge in [-0.3, -0.25) is 0 Å². The van der Waals surface area contributed by atoms with Gasteiger partial charge in [0.05, 0.1) is 17.9 Å². The van der Waals surface area contributed by atoms with Crippen molar-refractivity contribution in [3.63, 3.8) is 0 Å². The van der Waals surface area contributed by atoms with Crippen molar-refractivity contribution in [3.05, 3.63) is 48.0 Å². The van der Waals surface area contributed by atoms with E-state index in [4.69, 9.17) is 0 Å². The molecule has 0 amide bonds. The van der Waals surface area contributed by atoms with Crippen LogP contribution in [0.2, 0.25) is 0 Å². The molecular weight excluding hydrogens is 276 g/mol. The van der Waals surface area contributed by atoms with Gasteiger partial charge in [-0.15, -0.1) is 0 Å². The number of nitrogens with one attached hydrogen (secondary N) is 2. The molecule has 0 unspecified atom stereocenters. The normalized spacial score (nSPS) is 11.3. The zero-order valence-electron chi connectivity index (χ0n) is 11.3. The van der Waals surface area contributed by atoms with Gasteiger partial charge in [0.25, 0.3) is 0 Å². The van der Waals surface area contributed by atoms with Gasteiger partial charge >= 0.3 is 0 Å². The number of aromatic nitrogens is 2. The molecule has 1 heterocycles. The van der Waals surface area contributed by atoms with Crippen LogP contribution in [0, 0.1) is 6.92 Å². The van der Waals surface area contributed by atoms with Gasteiger partial charge in [0.1, 0.15) is 10.7 Å². The molecule has 7 heteroatoms. The standard InChI is InChI=1S/C13H16N4O2S/c1-10-15-8-7-11(17-10)9-16-20(18,19)13-6-4-3-5-12(13)14-2/h3-8,14,16H,9H2,1-2H3. The average Bonchev–Trinajstić information content (AvgIpc) is 2.45. The molecule has 2 aromatic rings.